The molecule has 0 bridgehead atoms. The molecule has 1 unspecified atom stereocenters. The molecular weight excluding hydrogens is 255 g/mol. The van der Waals surface area contributed by atoms with Gasteiger partial charge < -0.3 is 5.32 Å². The standard InChI is InChI=1S/C14H16F3NO/c15-14(16,17)12-4-2-11(3-5-12)13(19)6-1-10-7-8-18-9-10/h2-5,10,18H,1,6-9H2. The number of alkyl halides is 3. The molecule has 104 valence electrons. The Morgan fingerprint density at radius 1 is 1.26 bits per heavy atom. The Morgan fingerprint density at radius 3 is 2.47 bits per heavy atom. The van der Waals surface area contributed by atoms with Gasteiger partial charge in [-0.3, -0.25) is 4.79 Å². The van der Waals surface area contributed by atoms with E-state index in [1.54, 1.807) is 0 Å². The zero-order valence-corrected chi connectivity index (χ0v) is 10.5. The fraction of sp³-hybridized carbons (Fsp3) is 0.500. The molecule has 0 aromatic heterocycles. The fourth-order valence-corrected chi connectivity index (χ4v) is 2.29. The van der Waals surface area contributed by atoms with Crippen molar-refractivity contribution in [3.8, 4) is 0 Å². The molecule has 0 spiro atoms. The van der Waals surface area contributed by atoms with Crippen LogP contribution < -0.4 is 5.32 Å². The van der Waals surface area contributed by atoms with Gasteiger partial charge in [0.15, 0.2) is 5.78 Å². The van der Waals surface area contributed by atoms with Gasteiger partial charge in [-0.15, -0.1) is 0 Å². The van der Waals surface area contributed by atoms with E-state index in [1.165, 1.54) is 12.1 Å². The molecule has 0 saturated carbocycles. The summed E-state index contributed by atoms with van der Waals surface area (Å²) < 4.78 is 37.1. The zero-order valence-electron chi connectivity index (χ0n) is 10.5. The molecule has 19 heavy (non-hydrogen) atoms. The van der Waals surface area contributed by atoms with Crippen LogP contribution in [0.3, 0.4) is 0 Å². The fourth-order valence-electron chi connectivity index (χ4n) is 2.29. The van der Waals surface area contributed by atoms with Crippen LogP contribution in [0.2, 0.25) is 0 Å². The molecule has 1 N–H and O–H groups in total. The minimum atomic E-state index is -4.35. The molecule has 0 radical (unpaired) electrons. The van der Waals surface area contributed by atoms with Crippen molar-refractivity contribution in [3.63, 3.8) is 0 Å². The largest absolute Gasteiger partial charge is 0.416 e. The summed E-state index contributed by atoms with van der Waals surface area (Å²) in [6, 6.07) is 4.45. The average Bonchev–Trinajstić information content (AvgIpc) is 2.88. The van der Waals surface area contributed by atoms with E-state index in [4.69, 9.17) is 0 Å². The van der Waals surface area contributed by atoms with Gasteiger partial charge in [-0.25, -0.2) is 0 Å². The van der Waals surface area contributed by atoms with Gasteiger partial charge >= 0.3 is 6.18 Å². The molecular formula is C14H16F3NO. The summed E-state index contributed by atoms with van der Waals surface area (Å²) in [6.45, 7) is 1.92. The van der Waals surface area contributed by atoms with Crippen molar-refractivity contribution < 1.29 is 18.0 Å². The minimum Gasteiger partial charge on any atom is -0.316 e. The number of rotatable bonds is 4. The number of ketones is 1. The van der Waals surface area contributed by atoms with E-state index in [0.29, 0.717) is 17.9 Å². The van der Waals surface area contributed by atoms with Gasteiger partial charge in [-0.2, -0.15) is 13.2 Å². The second-order valence-corrected chi connectivity index (χ2v) is 4.90. The number of carbonyl (C=O) groups excluding carboxylic acids is 1. The van der Waals surface area contributed by atoms with Gasteiger partial charge in [0.1, 0.15) is 0 Å². The summed E-state index contributed by atoms with van der Waals surface area (Å²) in [5.41, 5.74) is -0.358. The molecule has 1 saturated heterocycles. The monoisotopic (exact) mass is 271 g/mol. The number of nitrogens with one attached hydrogen (secondary N) is 1. The lowest BCUT2D eigenvalue weighted by atomic mass is 9.97. The van der Waals surface area contributed by atoms with Crippen molar-refractivity contribution in [1.29, 1.82) is 0 Å². The van der Waals surface area contributed by atoms with Crippen LogP contribution in [-0.2, 0) is 6.18 Å². The van der Waals surface area contributed by atoms with Gasteiger partial charge in [0, 0.05) is 12.0 Å². The summed E-state index contributed by atoms with van der Waals surface area (Å²) in [4.78, 5) is 11.9. The highest BCUT2D eigenvalue weighted by atomic mass is 19.4. The maximum Gasteiger partial charge on any atom is 0.416 e. The first-order valence-corrected chi connectivity index (χ1v) is 6.38. The van der Waals surface area contributed by atoms with Gasteiger partial charge in [-0.05, 0) is 44.0 Å². The van der Waals surface area contributed by atoms with Crippen LogP contribution in [0.4, 0.5) is 13.2 Å². The summed E-state index contributed by atoms with van der Waals surface area (Å²) in [6.07, 6.45) is -2.08. The molecule has 2 nitrogen and oxygen atoms in total. The van der Waals surface area contributed by atoms with Crippen molar-refractivity contribution >= 4 is 5.78 Å². The van der Waals surface area contributed by atoms with Crippen LogP contribution in [0, 0.1) is 5.92 Å². The molecule has 1 aliphatic rings. The number of hydrogen-bond donors (Lipinski definition) is 1. The Hall–Kier alpha value is -1.36. The summed E-state index contributed by atoms with van der Waals surface area (Å²) in [7, 11) is 0. The minimum absolute atomic E-state index is 0.0828. The highest BCUT2D eigenvalue weighted by Crippen LogP contribution is 2.29. The average molecular weight is 271 g/mol. The third-order valence-electron chi connectivity index (χ3n) is 3.48. The third-order valence-corrected chi connectivity index (χ3v) is 3.48. The van der Waals surface area contributed by atoms with E-state index < -0.39 is 11.7 Å². The molecule has 1 atom stereocenters. The lowest BCUT2D eigenvalue weighted by Gasteiger charge is -2.09. The Labute approximate surface area is 110 Å². The first-order valence-electron chi connectivity index (χ1n) is 6.38. The van der Waals surface area contributed by atoms with Crippen molar-refractivity contribution in [1.82, 2.24) is 5.32 Å². The van der Waals surface area contributed by atoms with Crippen molar-refractivity contribution in [3.05, 3.63) is 35.4 Å². The van der Waals surface area contributed by atoms with Crippen LogP contribution >= 0.6 is 0 Å². The summed E-state index contributed by atoms with van der Waals surface area (Å²) in [5.74, 6) is 0.430. The van der Waals surface area contributed by atoms with Crippen LogP contribution in [0.15, 0.2) is 24.3 Å². The highest BCUT2D eigenvalue weighted by Gasteiger charge is 2.30. The topological polar surface area (TPSA) is 29.1 Å². The summed E-state index contributed by atoms with van der Waals surface area (Å²) in [5, 5.41) is 3.22. The van der Waals surface area contributed by atoms with E-state index in [2.05, 4.69) is 5.32 Å². The Balaban J connectivity index is 1.92. The van der Waals surface area contributed by atoms with Gasteiger partial charge in [0.05, 0.1) is 5.56 Å². The Morgan fingerprint density at radius 2 is 1.95 bits per heavy atom. The van der Waals surface area contributed by atoms with Crippen LogP contribution in [0.5, 0.6) is 0 Å². The molecule has 1 fully saturated rings. The molecule has 1 aromatic rings. The van der Waals surface area contributed by atoms with E-state index in [9.17, 15) is 18.0 Å². The van der Waals surface area contributed by atoms with E-state index in [0.717, 1.165) is 38.1 Å². The van der Waals surface area contributed by atoms with E-state index >= 15 is 0 Å². The molecule has 1 heterocycles. The lowest BCUT2D eigenvalue weighted by Crippen LogP contribution is -2.11. The van der Waals surface area contributed by atoms with Crippen molar-refractivity contribution in [2.24, 2.45) is 5.92 Å². The number of hydrogen-bond acceptors (Lipinski definition) is 2. The van der Waals surface area contributed by atoms with Crippen molar-refractivity contribution in [2.75, 3.05) is 13.1 Å². The zero-order chi connectivity index (χ0) is 13.9. The number of halogens is 3. The molecule has 1 aliphatic heterocycles. The van der Waals surface area contributed by atoms with Crippen LogP contribution in [-0.4, -0.2) is 18.9 Å². The first-order chi connectivity index (χ1) is 8.97. The quantitative estimate of drug-likeness (QED) is 0.851. The van der Waals surface area contributed by atoms with E-state index in [-0.39, 0.29) is 5.78 Å². The SMILES string of the molecule is O=C(CCC1CCNC1)c1ccc(C(F)(F)F)cc1. The second kappa shape index (κ2) is 5.74. The van der Waals surface area contributed by atoms with Crippen molar-refractivity contribution in [2.45, 2.75) is 25.4 Å². The second-order valence-electron chi connectivity index (χ2n) is 4.90. The predicted octanol–water partition coefficient (Wildman–Crippen LogP) is 3.28. The van der Waals surface area contributed by atoms with Crippen LogP contribution in [0.25, 0.3) is 0 Å². The summed E-state index contributed by atoms with van der Waals surface area (Å²) >= 11 is 0. The number of carbonyl (C=O) groups is 1. The van der Waals surface area contributed by atoms with Gasteiger partial charge in [-0.1, -0.05) is 12.1 Å². The third kappa shape index (κ3) is 3.80. The highest BCUT2D eigenvalue weighted by molar-refractivity contribution is 5.96. The van der Waals surface area contributed by atoms with Gasteiger partial charge in [0.25, 0.3) is 0 Å². The number of benzene rings is 1. The van der Waals surface area contributed by atoms with Gasteiger partial charge in [0.2, 0.25) is 0 Å². The molecule has 1 aromatic carbocycles. The smallest absolute Gasteiger partial charge is 0.316 e. The van der Waals surface area contributed by atoms with Crippen LogP contribution in [0.1, 0.15) is 35.2 Å². The maximum atomic E-state index is 12.4. The Bertz CT molecular complexity index is 433. The lowest BCUT2D eigenvalue weighted by molar-refractivity contribution is -0.137. The first kappa shape index (κ1) is 14.1. The predicted molar refractivity (Wildman–Crippen MR) is 66.0 cm³/mol. The maximum absolute atomic E-state index is 12.4. The molecule has 2 rings (SSSR count). The number of Topliss-reactive ketones (excluding diaryl/α,β-unsaturated/α-hetero) is 1. The molecule has 0 amide bonds. The van der Waals surface area contributed by atoms with E-state index in [1.807, 2.05) is 0 Å². The molecule has 0 aliphatic carbocycles. The normalized spacial score (nSPS) is 19.6. The Kier molecular flexibility index (Phi) is 4.24. The molecule has 5 heteroatoms.